The smallest absolute Gasteiger partial charge is 0.251 e. The summed E-state index contributed by atoms with van der Waals surface area (Å²) < 4.78 is 26.6. The Hall–Kier alpha value is -3.12. The van der Waals surface area contributed by atoms with E-state index in [2.05, 4.69) is 5.32 Å². The number of benzene rings is 3. The molecule has 0 aliphatic carbocycles. The summed E-state index contributed by atoms with van der Waals surface area (Å²) in [4.78, 5) is 12.8. The monoisotopic (exact) mass is 450 g/mol. The van der Waals surface area contributed by atoms with E-state index in [1.165, 1.54) is 10.6 Å². The molecule has 1 atom stereocenters. The predicted octanol–water partition coefficient (Wildman–Crippen LogP) is 5.15. The summed E-state index contributed by atoms with van der Waals surface area (Å²) in [6, 6.07) is 22.7. The number of rotatable bonds is 8. The van der Waals surface area contributed by atoms with Gasteiger partial charge in [0.05, 0.1) is 24.5 Å². The molecular formula is C26H30N2O3S. The molecule has 0 heterocycles. The van der Waals surface area contributed by atoms with Gasteiger partial charge in [-0.05, 0) is 54.7 Å². The lowest BCUT2D eigenvalue weighted by molar-refractivity contribution is 0.0935. The maximum atomic E-state index is 12.8. The highest BCUT2D eigenvalue weighted by Gasteiger charge is 2.22. The zero-order valence-corrected chi connectivity index (χ0v) is 19.8. The Balaban J connectivity index is 1.79. The van der Waals surface area contributed by atoms with Crippen molar-refractivity contribution >= 4 is 21.6 Å². The Morgan fingerprint density at radius 1 is 0.906 bits per heavy atom. The molecule has 0 aliphatic rings. The number of anilines is 1. The Morgan fingerprint density at radius 2 is 1.50 bits per heavy atom. The molecule has 0 unspecified atom stereocenters. The number of sulfonamides is 1. The van der Waals surface area contributed by atoms with Crippen LogP contribution in [0.5, 0.6) is 0 Å². The van der Waals surface area contributed by atoms with Crippen LogP contribution in [0.2, 0.25) is 0 Å². The first-order valence-corrected chi connectivity index (χ1v) is 12.5. The lowest BCUT2D eigenvalue weighted by atomic mass is 10.0. The van der Waals surface area contributed by atoms with Gasteiger partial charge >= 0.3 is 0 Å². The fourth-order valence-corrected chi connectivity index (χ4v) is 4.84. The van der Waals surface area contributed by atoms with E-state index < -0.39 is 10.0 Å². The molecule has 3 rings (SSSR count). The van der Waals surface area contributed by atoms with Gasteiger partial charge in [0.25, 0.3) is 5.91 Å². The van der Waals surface area contributed by atoms with E-state index in [4.69, 9.17) is 0 Å². The second-order valence-electron chi connectivity index (χ2n) is 8.05. The molecule has 5 nitrogen and oxygen atoms in total. The maximum Gasteiger partial charge on any atom is 0.251 e. The summed E-state index contributed by atoms with van der Waals surface area (Å²) in [6.07, 6.45) is 2.00. The molecule has 0 aromatic heterocycles. The van der Waals surface area contributed by atoms with Gasteiger partial charge < -0.3 is 5.32 Å². The average Bonchev–Trinajstić information content (AvgIpc) is 2.77. The molecule has 0 aliphatic heterocycles. The van der Waals surface area contributed by atoms with Gasteiger partial charge in [-0.2, -0.15) is 0 Å². The molecule has 0 saturated carbocycles. The number of carbonyl (C=O) groups is 1. The highest BCUT2D eigenvalue weighted by atomic mass is 32.2. The van der Waals surface area contributed by atoms with Crippen LogP contribution in [0.4, 0.5) is 5.69 Å². The highest BCUT2D eigenvalue weighted by molar-refractivity contribution is 7.92. The van der Waals surface area contributed by atoms with Gasteiger partial charge in [0, 0.05) is 5.56 Å². The van der Waals surface area contributed by atoms with E-state index >= 15 is 0 Å². The number of hydrogen-bond acceptors (Lipinski definition) is 3. The van der Waals surface area contributed by atoms with Gasteiger partial charge in [-0.25, -0.2) is 8.42 Å². The van der Waals surface area contributed by atoms with Crippen molar-refractivity contribution in [3.8, 4) is 0 Å². The SMILES string of the molecule is CC[C@@H](NC(=O)c1ccc(CN(c2c(C)cccc2C)S(C)(=O)=O)cc1)c1ccccc1. The predicted molar refractivity (Wildman–Crippen MR) is 130 cm³/mol. The van der Waals surface area contributed by atoms with Crippen LogP contribution >= 0.6 is 0 Å². The van der Waals surface area contributed by atoms with Crippen LogP contribution < -0.4 is 9.62 Å². The van der Waals surface area contributed by atoms with Gasteiger partial charge in [-0.1, -0.05) is 67.6 Å². The third kappa shape index (κ3) is 5.56. The zero-order valence-electron chi connectivity index (χ0n) is 19.0. The molecule has 3 aromatic carbocycles. The van der Waals surface area contributed by atoms with Gasteiger partial charge in [0.15, 0.2) is 0 Å². The van der Waals surface area contributed by atoms with E-state index in [0.29, 0.717) is 11.3 Å². The van der Waals surface area contributed by atoms with Crippen molar-refractivity contribution in [2.45, 2.75) is 39.8 Å². The summed E-state index contributed by atoms with van der Waals surface area (Å²) in [7, 11) is -3.48. The quantitative estimate of drug-likeness (QED) is 0.516. The Labute approximate surface area is 191 Å². The topological polar surface area (TPSA) is 66.5 Å². The Bertz CT molecular complexity index is 1150. The Morgan fingerprint density at radius 3 is 2.03 bits per heavy atom. The summed E-state index contributed by atoms with van der Waals surface area (Å²) >= 11 is 0. The molecule has 0 bridgehead atoms. The molecule has 3 aromatic rings. The highest BCUT2D eigenvalue weighted by Crippen LogP contribution is 2.28. The molecule has 0 radical (unpaired) electrons. The second kappa shape index (κ2) is 10.0. The summed E-state index contributed by atoms with van der Waals surface area (Å²) in [5.41, 5.74) is 4.92. The third-order valence-corrected chi connectivity index (χ3v) is 6.66. The van der Waals surface area contributed by atoms with Crippen LogP contribution in [0.1, 0.15) is 52.0 Å². The van der Waals surface area contributed by atoms with Gasteiger partial charge in [-0.3, -0.25) is 9.10 Å². The summed E-state index contributed by atoms with van der Waals surface area (Å²) in [5, 5.41) is 3.08. The van der Waals surface area contributed by atoms with Crippen molar-refractivity contribution < 1.29 is 13.2 Å². The van der Waals surface area contributed by atoms with Gasteiger partial charge in [0.1, 0.15) is 0 Å². The number of nitrogens with one attached hydrogen (secondary N) is 1. The third-order valence-electron chi connectivity index (χ3n) is 5.55. The van der Waals surface area contributed by atoms with Gasteiger partial charge in [-0.15, -0.1) is 0 Å². The molecule has 6 heteroatoms. The first-order chi connectivity index (χ1) is 15.2. The second-order valence-corrected chi connectivity index (χ2v) is 9.96. The fourth-order valence-electron chi connectivity index (χ4n) is 3.84. The minimum absolute atomic E-state index is 0.0619. The van der Waals surface area contributed by atoms with E-state index in [1.54, 1.807) is 12.1 Å². The molecule has 32 heavy (non-hydrogen) atoms. The maximum absolute atomic E-state index is 12.8. The normalized spacial score (nSPS) is 12.2. The van der Waals surface area contributed by atoms with Crippen molar-refractivity contribution in [1.29, 1.82) is 0 Å². The van der Waals surface area contributed by atoms with Gasteiger partial charge in [0.2, 0.25) is 10.0 Å². The van der Waals surface area contributed by atoms with Crippen LogP contribution in [0.25, 0.3) is 0 Å². The van der Waals surface area contributed by atoms with E-state index in [0.717, 1.165) is 28.7 Å². The van der Waals surface area contributed by atoms with Crippen molar-refractivity contribution in [2.75, 3.05) is 10.6 Å². The number of amides is 1. The van der Waals surface area contributed by atoms with Crippen molar-refractivity contribution in [3.63, 3.8) is 0 Å². The van der Waals surface area contributed by atoms with Crippen molar-refractivity contribution in [2.24, 2.45) is 0 Å². The average molecular weight is 451 g/mol. The zero-order chi connectivity index (χ0) is 23.3. The van der Waals surface area contributed by atoms with E-state index in [9.17, 15) is 13.2 Å². The summed E-state index contributed by atoms with van der Waals surface area (Å²) in [5.74, 6) is -0.151. The largest absolute Gasteiger partial charge is 0.345 e. The minimum atomic E-state index is -3.48. The van der Waals surface area contributed by atoms with Crippen LogP contribution in [-0.4, -0.2) is 20.6 Å². The first kappa shape index (κ1) is 23.5. The number of carbonyl (C=O) groups excluding carboxylic acids is 1. The Kier molecular flexibility index (Phi) is 7.36. The lowest BCUT2D eigenvalue weighted by Gasteiger charge is -2.26. The van der Waals surface area contributed by atoms with Crippen LogP contribution in [0.3, 0.4) is 0 Å². The fraction of sp³-hybridized carbons (Fsp3) is 0.269. The number of hydrogen-bond donors (Lipinski definition) is 1. The molecule has 0 fully saturated rings. The first-order valence-electron chi connectivity index (χ1n) is 10.7. The van der Waals surface area contributed by atoms with Crippen LogP contribution in [0.15, 0.2) is 72.8 Å². The van der Waals surface area contributed by atoms with Crippen LogP contribution in [-0.2, 0) is 16.6 Å². The molecule has 1 amide bonds. The van der Waals surface area contributed by atoms with E-state index in [-0.39, 0.29) is 18.5 Å². The molecule has 168 valence electrons. The standard InChI is InChI=1S/C26H30N2O3S/c1-5-24(22-12-7-6-8-13-22)27-26(29)23-16-14-21(15-17-23)18-28(32(4,30)31)25-19(2)10-9-11-20(25)3/h6-17,24H,5,18H2,1-4H3,(H,27,29)/t24-/m1/s1. The summed E-state index contributed by atoms with van der Waals surface area (Å²) in [6.45, 7) is 6.05. The molecular weight excluding hydrogens is 420 g/mol. The molecule has 0 saturated heterocycles. The molecule has 1 N–H and O–H groups in total. The number of para-hydroxylation sites is 1. The van der Waals surface area contributed by atoms with Crippen molar-refractivity contribution in [3.05, 3.63) is 101 Å². The minimum Gasteiger partial charge on any atom is -0.345 e. The van der Waals surface area contributed by atoms with Crippen molar-refractivity contribution in [1.82, 2.24) is 5.32 Å². The molecule has 0 spiro atoms. The number of nitrogens with zero attached hydrogens (tertiary/aromatic N) is 1. The lowest BCUT2D eigenvalue weighted by Crippen LogP contribution is -2.31. The van der Waals surface area contributed by atoms with Crippen LogP contribution in [0, 0.1) is 13.8 Å². The van der Waals surface area contributed by atoms with E-state index in [1.807, 2.05) is 81.4 Å². The number of aryl methyl sites for hydroxylation is 2.